The fourth-order valence-corrected chi connectivity index (χ4v) is 8.16. The van der Waals surface area contributed by atoms with E-state index in [9.17, 15) is 14.4 Å². The first-order chi connectivity index (χ1) is 15.9. The van der Waals surface area contributed by atoms with Crippen molar-refractivity contribution < 1.29 is 19.1 Å². The van der Waals surface area contributed by atoms with Crippen molar-refractivity contribution in [3.05, 3.63) is 101 Å². The third-order valence-electron chi connectivity index (χ3n) is 7.14. The van der Waals surface area contributed by atoms with Gasteiger partial charge >= 0.3 is 5.97 Å². The van der Waals surface area contributed by atoms with E-state index in [1.807, 2.05) is 48.5 Å². The fraction of sp³-hybridized carbons (Fsp3) is 0.192. The van der Waals surface area contributed by atoms with E-state index in [4.69, 9.17) is 4.74 Å². The van der Waals surface area contributed by atoms with E-state index in [2.05, 4.69) is 31.9 Å². The zero-order chi connectivity index (χ0) is 23.1. The molecular formula is C26H17Br2NO4. The highest BCUT2D eigenvalue weighted by molar-refractivity contribution is 9.10. The van der Waals surface area contributed by atoms with Gasteiger partial charge in [0.15, 0.2) is 0 Å². The van der Waals surface area contributed by atoms with Crippen molar-refractivity contribution in [1.29, 1.82) is 0 Å². The van der Waals surface area contributed by atoms with Crippen LogP contribution in [-0.4, -0.2) is 24.9 Å². The molecule has 2 bridgehead atoms. The van der Waals surface area contributed by atoms with Gasteiger partial charge in [-0.1, -0.05) is 92.5 Å². The van der Waals surface area contributed by atoms with Gasteiger partial charge in [-0.2, -0.15) is 0 Å². The first-order valence-electron chi connectivity index (χ1n) is 10.5. The number of amides is 2. The lowest BCUT2D eigenvalue weighted by atomic mass is 9.54. The van der Waals surface area contributed by atoms with Crippen molar-refractivity contribution in [2.75, 3.05) is 12.0 Å². The molecule has 0 aromatic heterocycles. The summed E-state index contributed by atoms with van der Waals surface area (Å²) in [5, 5.41) is 0. The third-order valence-corrected chi connectivity index (χ3v) is 9.83. The predicted molar refractivity (Wildman–Crippen MR) is 130 cm³/mol. The second-order valence-electron chi connectivity index (χ2n) is 8.49. The number of hydrogen-bond donors (Lipinski definition) is 0. The SMILES string of the molecule is COC(=O)c1ccccc1N1C(=O)[C@@H]2[C@H](C1=O)C1(Br)c3ccccc3C2(Br)c2ccccc21. The number of carbonyl (C=O) groups is 3. The molecule has 2 atom stereocenters. The highest BCUT2D eigenvalue weighted by Crippen LogP contribution is 2.70. The van der Waals surface area contributed by atoms with Gasteiger partial charge in [-0.15, -0.1) is 0 Å². The minimum Gasteiger partial charge on any atom is -0.465 e. The minimum atomic E-state index is -0.873. The van der Waals surface area contributed by atoms with E-state index < -0.39 is 26.5 Å². The molecule has 2 amide bonds. The van der Waals surface area contributed by atoms with Gasteiger partial charge in [-0.05, 0) is 34.4 Å². The van der Waals surface area contributed by atoms with E-state index in [0.717, 1.165) is 22.3 Å². The van der Waals surface area contributed by atoms with E-state index >= 15 is 0 Å². The standard InChI is InChI=1S/C26H17Br2NO4/c1-33-24(32)14-8-2-7-13-19(14)29-22(30)20-21(23(29)31)26(28)16-10-4-3-9-15(16)25(20,27)17-11-5-6-12-18(17)26/h2-13,20-21H,1H3/t20-,21+,25?,26?. The van der Waals surface area contributed by atoms with E-state index in [1.165, 1.54) is 12.0 Å². The molecule has 1 heterocycles. The van der Waals surface area contributed by atoms with Gasteiger partial charge in [-0.25, -0.2) is 9.69 Å². The molecule has 0 unspecified atom stereocenters. The maximum absolute atomic E-state index is 14.1. The first kappa shape index (κ1) is 20.8. The number of alkyl halides is 2. The molecule has 3 aromatic rings. The van der Waals surface area contributed by atoms with Gasteiger partial charge in [0.25, 0.3) is 0 Å². The molecule has 0 radical (unpaired) electrons. The lowest BCUT2D eigenvalue weighted by Crippen LogP contribution is -2.56. The van der Waals surface area contributed by atoms with Crippen LogP contribution in [0, 0.1) is 11.8 Å². The molecule has 33 heavy (non-hydrogen) atoms. The molecule has 4 aliphatic rings. The van der Waals surface area contributed by atoms with Crippen molar-refractivity contribution in [3.8, 4) is 0 Å². The molecule has 1 aliphatic heterocycles. The van der Waals surface area contributed by atoms with E-state index in [0.29, 0.717) is 0 Å². The number of benzene rings is 3. The number of ether oxygens (including phenoxy) is 1. The Hall–Kier alpha value is -2.77. The topological polar surface area (TPSA) is 63.7 Å². The monoisotopic (exact) mass is 565 g/mol. The van der Waals surface area contributed by atoms with Crippen LogP contribution in [0.5, 0.6) is 0 Å². The molecule has 1 fully saturated rings. The van der Waals surface area contributed by atoms with Crippen molar-refractivity contribution >= 4 is 55.3 Å². The van der Waals surface area contributed by atoms with Gasteiger partial charge < -0.3 is 4.74 Å². The van der Waals surface area contributed by atoms with E-state index in [1.54, 1.807) is 24.3 Å². The van der Waals surface area contributed by atoms with Gasteiger partial charge in [-0.3, -0.25) is 9.59 Å². The number of rotatable bonds is 2. The predicted octanol–water partition coefficient (Wildman–Crippen LogP) is 4.88. The number of hydrogen-bond acceptors (Lipinski definition) is 4. The Labute approximate surface area is 207 Å². The van der Waals surface area contributed by atoms with Crippen molar-refractivity contribution in [1.82, 2.24) is 0 Å². The second kappa shape index (κ2) is 6.87. The van der Waals surface area contributed by atoms with Crippen LogP contribution in [0.3, 0.4) is 0 Å². The summed E-state index contributed by atoms with van der Waals surface area (Å²) in [6.45, 7) is 0. The molecule has 7 rings (SSSR count). The van der Waals surface area contributed by atoms with Crippen LogP contribution in [0.2, 0.25) is 0 Å². The maximum Gasteiger partial charge on any atom is 0.339 e. The Morgan fingerprint density at radius 2 is 1.15 bits per heavy atom. The summed E-state index contributed by atoms with van der Waals surface area (Å²) in [4.78, 5) is 41.8. The number of methoxy groups -OCH3 is 1. The zero-order valence-corrected chi connectivity index (χ0v) is 20.6. The molecule has 3 aromatic carbocycles. The summed E-state index contributed by atoms with van der Waals surface area (Å²) < 4.78 is 3.17. The maximum atomic E-state index is 14.1. The van der Waals surface area contributed by atoms with Gasteiger partial charge in [0.05, 0.1) is 38.8 Å². The van der Waals surface area contributed by atoms with Crippen LogP contribution in [0.15, 0.2) is 72.8 Å². The van der Waals surface area contributed by atoms with Gasteiger partial charge in [0, 0.05) is 0 Å². The molecule has 7 heteroatoms. The van der Waals surface area contributed by atoms with Crippen LogP contribution in [0.25, 0.3) is 0 Å². The quantitative estimate of drug-likeness (QED) is 0.252. The van der Waals surface area contributed by atoms with Crippen molar-refractivity contribution in [2.24, 2.45) is 11.8 Å². The Kier molecular flexibility index (Phi) is 4.33. The highest BCUT2D eigenvalue weighted by Gasteiger charge is 2.72. The molecule has 5 nitrogen and oxygen atoms in total. The lowest BCUT2D eigenvalue weighted by Gasteiger charge is -2.55. The smallest absolute Gasteiger partial charge is 0.339 e. The summed E-state index contributed by atoms with van der Waals surface area (Å²) in [5.74, 6) is -2.67. The normalized spacial score (nSPS) is 28.9. The first-order valence-corrected chi connectivity index (χ1v) is 12.1. The number of esters is 1. The van der Waals surface area contributed by atoms with Gasteiger partial charge in [0.2, 0.25) is 11.8 Å². The molecular weight excluding hydrogens is 550 g/mol. The second-order valence-corrected chi connectivity index (χ2v) is 11.0. The Morgan fingerprint density at radius 1 is 0.758 bits per heavy atom. The lowest BCUT2D eigenvalue weighted by molar-refractivity contribution is -0.122. The number of anilines is 1. The summed E-state index contributed by atoms with van der Waals surface area (Å²) in [7, 11) is 1.28. The van der Waals surface area contributed by atoms with Crippen molar-refractivity contribution in [3.63, 3.8) is 0 Å². The fourth-order valence-electron chi connectivity index (χ4n) is 5.86. The van der Waals surface area contributed by atoms with Crippen LogP contribution in [0.1, 0.15) is 32.6 Å². The van der Waals surface area contributed by atoms with Crippen LogP contribution < -0.4 is 4.90 Å². The number of nitrogens with zero attached hydrogens (tertiary/aromatic N) is 1. The Morgan fingerprint density at radius 3 is 1.58 bits per heavy atom. The molecule has 164 valence electrons. The van der Waals surface area contributed by atoms with Crippen LogP contribution >= 0.6 is 31.9 Å². The minimum absolute atomic E-state index is 0.176. The van der Waals surface area contributed by atoms with Crippen LogP contribution in [0.4, 0.5) is 5.69 Å². The van der Waals surface area contributed by atoms with Crippen LogP contribution in [-0.2, 0) is 23.0 Å². The summed E-state index contributed by atoms with van der Waals surface area (Å²) in [6, 6.07) is 22.4. The molecule has 0 N–H and O–H groups in total. The molecule has 1 saturated heterocycles. The average Bonchev–Trinajstić information content (AvgIpc) is 3.13. The number of para-hydroxylation sites is 1. The van der Waals surface area contributed by atoms with Gasteiger partial charge in [0.1, 0.15) is 0 Å². The molecule has 0 spiro atoms. The molecule has 3 aliphatic carbocycles. The number of imide groups is 1. The summed E-state index contributed by atoms with van der Waals surface area (Å²) in [6.07, 6.45) is 0. The largest absolute Gasteiger partial charge is 0.465 e. The Balaban J connectivity index is 1.64. The zero-order valence-electron chi connectivity index (χ0n) is 17.4. The average molecular weight is 567 g/mol. The molecule has 0 saturated carbocycles. The summed E-state index contributed by atoms with van der Waals surface area (Å²) >= 11 is 7.96. The Bertz CT molecular complexity index is 1260. The number of carbonyl (C=O) groups excluding carboxylic acids is 3. The highest BCUT2D eigenvalue weighted by atomic mass is 79.9. The van der Waals surface area contributed by atoms with Crippen molar-refractivity contribution in [2.45, 2.75) is 8.65 Å². The van der Waals surface area contributed by atoms with E-state index in [-0.39, 0.29) is 23.1 Å². The summed E-state index contributed by atoms with van der Waals surface area (Å²) in [5.41, 5.74) is 4.28. The number of halogens is 2. The third kappa shape index (κ3) is 2.34.